The van der Waals surface area contributed by atoms with E-state index in [9.17, 15) is 14.4 Å². The number of imide groups is 1. The largest absolute Gasteiger partial charge is 0.311 e. The van der Waals surface area contributed by atoms with Gasteiger partial charge >= 0.3 is 0 Å². The number of rotatable bonds is 4. The van der Waals surface area contributed by atoms with Gasteiger partial charge in [-0.25, -0.2) is 0 Å². The highest BCUT2D eigenvalue weighted by Crippen LogP contribution is 2.26. The number of para-hydroxylation sites is 1. The second kappa shape index (κ2) is 6.28. The number of anilines is 1. The van der Waals surface area contributed by atoms with Crippen LogP contribution >= 0.6 is 0 Å². The minimum absolute atomic E-state index is 0.279. The quantitative estimate of drug-likeness (QED) is 0.813. The fraction of sp³-hybridized carbons (Fsp3) is 0.211. The van der Waals surface area contributed by atoms with Crippen LogP contribution in [0.4, 0.5) is 5.69 Å². The van der Waals surface area contributed by atoms with Gasteiger partial charge in [0.05, 0.1) is 11.1 Å². The highest BCUT2D eigenvalue weighted by Gasteiger charge is 2.41. The molecule has 3 rings (SSSR count). The first-order valence-corrected chi connectivity index (χ1v) is 7.89. The number of benzene rings is 2. The fourth-order valence-electron chi connectivity index (χ4n) is 2.97. The lowest BCUT2D eigenvalue weighted by Crippen LogP contribution is -2.49. The van der Waals surface area contributed by atoms with Crippen LogP contribution in [0.15, 0.2) is 54.6 Å². The van der Waals surface area contributed by atoms with Gasteiger partial charge in [-0.1, -0.05) is 30.3 Å². The topological polar surface area (TPSA) is 57.7 Å². The van der Waals surface area contributed by atoms with Crippen LogP contribution in [0, 0.1) is 0 Å². The summed E-state index contributed by atoms with van der Waals surface area (Å²) in [5.74, 6) is -1.11. The monoisotopic (exact) mass is 322 g/mol. The van der Waals surface area contributed by atoms with Gasteiger partial charge in [-0.15, -0.1) is 0 Å². The molecular weight excluding hydrogens is 304 g/mol. The van der Waals surface area contributed by atoms with Crippen molar-refractivity contribution in [1.82, 2.24) is 4.90 Å². The number of nitrogens with zero attached hydrogens (tertiary/aromatic N) is 2. The van der Waals surface area contributed by atoms with E-state index in [1.807, 2.05) is 37.3 Å². The zero-order valence-corrected chi connectivity index (χ0v) is 13.6. The molecule has 5 heteroatoms. The molecule has 24 heavy (non-hydrogen) atoms. The van der Waals surface area contributed by atoms with Gasteiger partial charge in [0, 0.05) is 12.2 Å². The third-order valence-electron chi connectivity index (χ3n) is 4.22. The fourth-order valence-corrected chi connectivity index (χ4v) is 2.97. The Bertz CT molecular complexity index is 766. The van der Waals surface area contributed by atoms with Gasteiger partial charge < -0.3 is 4.90 Å². The summed E-state index contributed by atoms with van der Waals surface area (Å²) in [6.07, 6.45) is 0. The third-order valence-corrected chi connectivity index (χ3v) is 4.22. The van der Waals surface area contributed by atoms with Gasteiger partial charge in [0.2, 0.25) is 5.91 Å². The maximum absolute atomic E-state index is 12.9. The Balaban J connectivity index is 1.89. The summed E-state index contributed by atoms with van der Waals surface area (Å²) in [4.78, 5) is 40.6. The van der Waals surface area contributed by atoms with Crippen LogP contribution in [0.2, 0.25) is 0 Å². The van der Waals surface area contributed by atoms with E-state index >= 15 is 0 Å². The average Bonchev–Trinajstić information content (AvgIpc) is 2.87. The van der Waals surface area contributed by atoms with Crippen molar-refractivity contribution in [1.29, 1.82) is 0 Å². The van der Waals surface area contributed by atoms with Crippen molar-refractivity contribution in [2.75, 3.05) is 11.4 Å². The van der Waals surface area contributed by atoms with Crippen molar-refractivity contribution in [2.45, 2.75) is 19.9 Å². The molecule has 0 N–H and O–H groups in total. The maximum atomic E-state index is 12.9. The molecule has 0 aromatic heterocycles. The van der Waals surface area contributed by atoms with Crippen molar-refractivity contribution >= 4 is 23.4 Å². The van der Waals surface area contributed by atoms with Gasteiger partial charge in [0.1, 0.15) is 6.04 Å². The molecule has 2 aromatic carbocycles. The molecule has 0 unspecified atom stereocenters. The van der Waals surface area contributed by atoms with Crippen LogP contribution in [-0.4, -0.2) is 35.2 Å². The summed E-state index contributed by atoms with van der Waals surface area (Å²) in [5.41, 5.74) is 1.45. The zero-order valence-electron chi connectivity index (χ0n) is 13.6. The van der Waals surface area contributed by atoms with E-state index < -0.39 is 17.9 Å². The maximum Gasteiger partial charge on any atom is 0.262 e. The Morgan fingerprint density at radius 2 is 1.46 bits per heavy atom. The third kappa shape index (κ3) is 2.48. The number of hydrogen-bond donors (Lipinski definition) is 0. The molecule has 0 radical (unpaired) electrons. The lowest BCUT2D eigenvalue weighted by atomic mass is 10.1. The van der Waals surface area contributed by atoms with Crippen molar-refractivity contribution < 1.29 is 14.4 Å². The molecule has 1 atom stereocenters. The van der Waals surface area contributed by atoms with Crippen molar-refractivity contribution in [3.05, 3.63) is 65.7 Å². The van der Waals surface area contributed by atoms with E-state index in [0.717, 1.165) is 10.6 Å². The van der Waals surface area contributed by atoms with Crippen LogP contribution in [-0.2, 0) is 4.79 Å². The molecule has 1 heterocycles. The molecule has 1 aliphatic rings. The van der Waals surface area contributed by atoms with Gasteiger partial charge in [0.15, 0.2) is 0 Å². The minimum atomic E-state index is -0.863. The highest BCUT2D eigenvalue weighted by atomic mass is 16.2. The second-order valence-electron chi connectivity index (χ2n) is 5.62. The Labute approximate surface area is 140 Å². The highest BCUT2D eigenvalue weighted by molar-refractivity contribution is 6.23. The summed E-state index contributed by atoms with van der Waals surface area (Å²) in [5, 5.41) is 0. The molecule has 0 fully saturated rings. The van der Waals surface area contributed by atoms with Gasteiger partial charge in [-0.3, -0.25) is 19.3 Å². The predicted molar refractivity (Wildman–Crippen MR) is 90.9 cm³/mol. The summed E-state index contributed by atoms with van der Waals surface area (Å²) < 4.78 is 0. The van der Waals surface area contributed by atoms with E-state index in [-0.39, 0.29) is 5.91 Å². The molecule has 0 spiro atoms. The van der Waals surface area contributed by atoms with Crippen molar-refractivity contribution in [3.8, 4) is 0 Å². The minimum Gasteiger partial charge on any atom is -0.311 e. The first-order valence-electron chi connectivity index (χ1n) is 7.89. The molecule has 5 nitrogen and oxygen atoms in total. The first-order chi connectivity index (χ1) is 11.6. The van der Waals surface area contributed by atoms with E-state index in [0.29, 0.717) is 17.7 Å². The molecule has 0 saturated carbocycles. The van der Waals surface area contributed by atoms with E-state index in [1.165, 1.54) is 0 Å². The van der Waals surface area contributed by atoms with E-state index in [4.69, 9.17) is 0 Å². The van der Waals surface area contributed by atoms with Crippen LogP contribution < -0.4 is 4.90 Å². The Morgan fingerprint density at radius 3 is 1.96 bits per heavy atom. The molecule has 0 bridgehead atoms. The molecule has 0 saturated heterocycles. The SMILES string of the molecule is CCN(C(=O)[C@@H](C)N1C(=O)c2ccccc2C1=O)c1ccccc1. The van der Waals surface area contributed by atoms with Gasteiger partial charge in [-0.05, 0) is 38.1 Å². The van der Waals surface area contributed by atoms with Gasteiger partial charge in [0.25, 0.3) is 11.8 Å². The smallest absolute Gasteiger partial charge is 0.262 e. The lowest BCUT2D eigenvalue weighted by Gasteiger charge is -2.28. The Hall–Kier alpha value is -2.95. The van der Waals surface area contributed by atoms with Crippen LogP contribution in [0.25, 0.3) is 0 Å². The standard InChI is InChI=1S/C19H18N2O3/c1-3-20(14-9-5-4-6-10-14)17(22)13(2)21-18(23)15-11-7-8-12-16(15)19(21)24/h4-13H,3H2,1-2H3/t13-/m1/s1. The number of carbonyl (C=O) groups excluding carboxylic acids is 3. The summed E-state index contributed by atoms with van der Waals surface area (Å²) in [7, 11) is 0. The normalized spacial score (nSPS) is 14.5. The van der Waals surface area contributed by atoms with E-state index in [1.54, 1.807) is 36.1 Å². The summed E-state index contributed by atoms with van der Waals surface area (Å²) >= 11 is 0. The number of fused-ring (bicyclic) bond motifs is 1. The van der Waals surface area contributed by atoms with Crippen LogP contribution in [0.3, 0.4) is 0 Å². The molecule has 2 aromatic rings. The summed E-state index contributed by atoms with van der Waals surface area (Å²) in [6, 6.07) is 15.0. The number of carbonyl (C=O) groups is 3. The molecule has 3 amide bonds. The Kier molecular flexibility index (Phi) is 4.16. The molecule has 122 valence electrons. The number of hydrogen-bond acceptors (Lipinski definition) is 3. The second-order valence-corrected chi connectivity index (χ2v) is 5.62. The van der Waals surface area contributed by atoms with Gasteiger partial charge in [-0.2, -0.15) is 0 Å². The van der Waals surface area contributed by atoms with Crippen LogP contribution in [0.5, 0.6) is 0 Å². The number of likely N-dealkylation sites (N-methyl/N-ethyl adjacent to an activating group) is 1. The first kappa shape index (κ1) is 15.9. The molecular formula is C19H18N2O3. The molecule has 1 aliphatic heterocycles. The average molecular weight is 322 g/mol. The number of amides is 3. The van der Waals surface area contributed by atoms with E-state index in [2.05, 4.69) is 0 Å². The molecule has 0 aliphatic carbocycles. The van der Waals surface area contributed by atoms with Crippen molar-refractivity contribution in [3.63, 3.8) is 0 Å². The summed E-state index contributed by atoms with van der Waals surface area (Å²) in [6.45, 7) is 3.91. The van der Waals surface area contributed by atoms with Crippen molar-refractivity contribution in [2.24, 2.45) is 0 Å². The lowest BCUT2D eigenvalue weighted by molar-refractivity contribution is -0.121. The predicted octanol–water partition coefficient (Wildman–Crippen LogP) is 2.72. The van der Waals surface area contributed by atoms with Crippen LogP contribution in [0.1, 0.15) is 34.6 Å². The zero-order chi connectivity index (χ0) is 17.3. The Morgan fingerprint density at radius 1 is 0.958 bits per heavy atom.